The molecular weight excluding hydrogens is 228 g/mol. The summed E-state index contributed by atoms with van der Waals surface area (Å²) in [6.07, 6.45) is 2.09. The smallest absolute Gasteiger partial charge is 0.220 e. The molecule has 6 heteroatoms. The van der Waals surface area contributed by atoms with Gasteiger partial charge in [0.05, 0.1) is 5.75 Å². The third-order valence-corrected chi connectivity index (χ3v) is 5.39. The van der Waals surface area contributed by atoms with Gasteiger partial charge in [-0.25, -0.2) is 12.7 Å². The van der Waals surface area contributed by atoms with Gasteiger partial charge >= 0.3 is 0 Å². The van der Waals surface area contributed by atoms with Gasteiger partial charge in [0.25, 0.3) is 0 Å². The molecule has 0 spiro atoms. The highest BCUT2D eigenvalue weighted by Gasteiger charge is 2.36. The van der Waals surface area contributed by atoms with Crippen LogP contribution < -0.4 is 5.32 Å². The van der Waals surface area contributed by atoms with Gasteiger partial charge < -0.3 is 5.32 Å². The fraction of sp³-hybridized carbons (Fsp3) is 0.900. The molecule has 2 fully saturated rings. The van der Waals surface area contributed by atoms with Crippen LogP contribution in [0.15, 0.2) is 0 Å². The Kier molecular flexibility index (Phi) is 3.21. The van der Waals surface area contributed by atoms with E-state index in [2.05, 4.69) is 5.32 Å². The molecule has 0 saturated carbocycles. The lowest BCUT2D eigenvalue weighted by Gasteiger charge is -2.40. The molecule has 2 aliphatic heterocycles. The van der Waals surface area contributed by atoms with Gasteiger partial charge in [0.15, 0.2) is 0 Å². The predicted molar refractivity (Wildman–Crippen MR) is 60.3 cm³/mol. The maximum atomic E-state index is 11.7. The molecule has 2 rings (SSSR count). The summed E-state index contributed by atoms with van der Waals surface area (Å²) >= 11 is 0. The minimum Gasteiger partial charge on any atom is -0.353 e. The van der Waals surface area contributed by atoms with Crippen molar-refractivity contribution in [2.45, 2.75) is 32.2 Å². The first-order chi connectivity index (χ1) is 7.53. The van der Waals surface area contributed by atoms with E-state index < -0.39 is 10.0 Å². The Morgan fingerprint density at radius 3 is 2.88 bits per heavy atom. The second-order valence-electron chi connectivity index (χ2n) is 4.52. The average molecular weight is 246 g/mol. The molecule has 92 valence electrons. The standard InChI is InChI=1S/C10H18N2O3S/c1-2-16(14,15)12-6-5-9-8(7-12)3-4-10(13)11-9/h8-9H,2-7H2,1H3,(H,11,13). The van der Waals surface area contributed by atoms with Crippen LogP contribution >= 0.6 is 0 Å². The Bertz CT molecular complexity index is 380. The first kappa shape index (κ1) is 11.9. The number of sulfonamides is 1. The summed E-state index contributed by atoms with van der Waals surface area (Å²) in [5, 5.41) is 2.95. The minimum absolute atomic E-state index is 0.105. The lowest BCUT2D eigenvalue weighted by atomic mass is 9.86. The van der Waals surface area contributed by atoms with Crippen molar-refractivity contribution >= 4 is 15.9 Å². The zero-order valence-corrected chi connectivity index (χ0v) is 10.3. The summed E-state index contributed by atoms with van der Waals surface area (Å²) in [6.45, 7) is 2.78. The van der Waals surface area contributed by atoms with E-state index in [0.29, 0.717) is 25.4 Å². The quantitative estimate of drug-likeness (QED) is 0.742. The number of nitrogens with zero attached hydrogens (tertiary/aromatic N) is 1. The van der Waals surface area contributed by atoms with Crippen molar-refractivity contribution in [2.75, 3.05) is 18.8 Å². The van der Waals surface area contributed by atoms with Crippen molar-refractivity contribution in [2.24, 2.45) is 5.92 Å². The van der Waals surface area contributed by atoms with Gasteiger partial charge in [-0.3, -0.25) is 4.79 Å². The van der Waals surface area contributed by atoms with Gasteiger partial charge in [-0.2, -0.15) is 0 Å². The fourth-order valence-corrected chi connectivity index (χ4v) is 3.68. The van der Waals surface area contributed by atoms with Crippen LogP contribution in [0.25, 0.3) is 0 Å². The molecule has 5 nitrogen and oxygen atoms in total. The largest absolute Gasteiger partial charge is 0.353 e. The zero-order valence-electron chi connectivity index (χ0n) is 9.48. The Morgan fingerprint density at radius 1 is 1.44 bits per heavy atom. The highest BCUT2D eigenvalue weighted by molar-refractivity contribution is 7.89. The molecule has 1 N–H and O–H groups in total. The molecule has 0 radical (unpaired) electrons. The highest BCUT2D eigenvalue weighted by Crippen LogP contribution is 2.26. The van der Waals surface area contributed by atoms with Gasteiger partial charge in [-0.05, 0) is 25.7 Å². The van der Waals surface area contributed by atoms with E-state index in [-0.39, 0.29) is 17.7 Å². The number of hydrogen-bond acceptors (Lipinski definition) is 3. The fourth-order valence-electron chi connectivity index (χ4n) is 2.51. The van der Waals surface area contributed by atoms with Gasteiger partial charge in [-0.15, -0.1) is 0 Å². The van der Waals surface area contributed by atoms with Gasteiger partial charge in [0.1, 0.15) is 0 Å². The molecule has 1 amide bonds. The van der Waals surface area contributed by atoms with Gasteiger partial charge in [-0.1, -0.05) is 0 Å². The number of fused-ring (bicyclic) bond motifs is 1. The number of rotatable bonds is 2. The number of carbonyl (C=O) groups is 1. The molecule has 0 aliphatic carbocycles. The maximum absolute atomic E-state index is 11.7. The Balaban J connectivity index is 2.04. The van der Waals surface area contributed by atoms with E-state index in [1.54, 1.807) is 11.2 Å². The second kappa shape index (κ2) is 4.33. The van der Waals surface area contributed by atoms with E-state index in [4.69, 9.17) is 0 Å². The van der Waals surface area contributed by atoms with Crippen molar-refractivity contribution in [1.82, 2.24) is 9.62 Å². The normalized spacial score (nSPS) is 31.9. The van der Waals surface area contributed by atoms with Crippen LogP contribution in [0.4, 0.5) is 0 Å². The molecule has 2 aliphatic rings. The van der Waals surface area contributed by atoms with E-state index in [1.807, 2.05) is 0 Å². The Hall–Kier alpha value is -0.620. The summed E-state index contributed by atoms with van der Waals surface area (Å²) in [5.41, 5.74) is 0. The lowest BCUT2D eigenvalue weighted by molar-refractivity contribution is -0.124. The second-order valence-corrected chi connectivity index (χ2v) is 6.78. The van der Waals surface area contributed by atoms with Gasteiger partial charge in [0.2, 0.25) is 15.9 Å². The zero-order chi connectivity index (χ0) is 11.8. The van der Waals surface area contributed by atoms with Crippen molar-refractivity contribution in [3.8, 4) is 0 Å². The lowest BCUT2D eigenvalue weighted by Crippen LogP contribution is -2.55. The molecule has 0 bridgehead atoms. The van der Waals surface area contributed by atoms with Crippen molar-refractivity contribution in [3.63, 3.8) is 0 Å². The van der Waals surface area contributed by atoms with Crippen LogP contribution in [0.1, 0.15) is 26.2 Å². The molecule has 0 aromatic heterocycles. The first-order valence-corrected chi connectivity index (χ1v) is 7.41. The molecule has 2 heterocycles. The van der Waals surface area contributed by atoms with Crippen molar-refractivity contribution < 1.29 is 13.2 Å². The topological polar surface area (TPSA) is 66.5 Å². The number of carbonyl (C=O) groups excluding carboxylic acids is 1. The molecular formula is C10H18N2O3S. The van der Waals surface area contributed by atoms with Crippen LogP contribution in [0.3, 0.4) is 0 Å². The monoisotopic (exact) mass is 246 g/mol. The molecule has 0 aromatic rings. The molecule has 16 heavy (non-hydrogen) atoms. The van der Waals surface area contributed by atoms with E-state index >= 15 is 0 Å². The third-order valence-electron chi connectivity index (χ3n) is 3.54. The molecule has 2 unspecified atom stereocenters. The van der Waals surface area contributed by atoms with Crippen LogP contribution in [-0.2, 0) is 14.8 Å². The number of nitrogens with one attached hydrogen (secondary N) is 1. The van der Waals surface area contributed by atoms with Crippen LogP contribution in [-0.4, -0.2) is 43.5 Å². The predicted octanol–water partition coefficient (Wildman–Crippen LogP) is -0.0634. The summed E-state index contributed by atoms with van der Waals surface area (Å²) in [6, 6.07) is 0.185. The van der Waals surface area contributed by atoms with E-state index in [9.17, 15) is 13.2 Å². The molecule has 2 saturated heterocycles. The summed E-state index contributed by atoms with van der Waals surface area (Å²) < 4.78 is 25.0. The molecule has 2 atom stereocenters. The maximum Gasteiger partial charge on any atom is 0.220 e. The Labute approximate surface area is 96.2 Å². The van der Waals surface area contributed by atoms with E-state index in [1.165, 1.54) is 0 Å². The van der Waals surface area contributed by atoms with Crippen molar-refractivity contribution in [1.29, 1.82) is 0 Å². The van der Waals surface area contributed by atoms with E-state index in [0.717, 1.165) is 12.8 Å². The average Bonchev–Trinajstić information content (AvgIpc) is 2.28. The summed E-state index contributed by atoms with van der Waals surface area (Å²) in [7, 11) is -3.06. The SMILES string of the molecule is CCS(=O)(=O)N1CCC2NC(=O)CCC2C1. The van der Waals surface area contributed by atoms with Crippen LogP contribution in [0.2, 0.25) is 0 Å². The van der Waals surface area contributed by atoms with Crippen LogP contribution in [0.5, 0.6) is 0 Å². The van der Waals surface area contributed by atoms with Crippen LogP contribution in [0, 0.1) is 5.92 Å². The number of amides is 1. The summed E-state index contributed by atoms with van der Waals surface area (Å²) in [4.78, 5) is 11.2. The minimum atomic E-state index is -3.06. The van der Waals surface area contributed by atoms with Gasteiger partial charge in [0, 0.05) is 25.6 Å². The van der Waals surface area contributed by atoms with Crippen molar-refractivity contribution in [3.05, 3.63) is 0 Å². The first-order valence-electron chi connectivity index (χ1n) is 5.80. The third kappa shape index (κ3) is 2.22. The Morgan fingerprint density at radius 2 is 2.19 bits per heavy atom. The number of hydrogen-bond donors (Lipinski definition) is 1. The highest BCUT2D eigenvalue weighted by atomic mass is 32.2. The summed E-state index contributed by atoms with van der Waals surface area (Å²) in [5.74, 6) is 0.567. The molecule has 0 aromatic carbocycles. The number of piperidine rings is 2.